The Morgan fingerprint density at radius 2 is 1.78 bits per heavy atom. The molecule has 5 rings (SSSR count). The van der Waals surface area contributed by atoms with Gasteiger partial charge in [-0.25, -0.2) is 4.98 Å². The molecule has 0 saturated carbocycles. The SMILES string of the molecule is Cc1cc(NC(=O)COc2ccc(C(F)(F)F)cc2)cc2ncn(CCCCN3CC=C(c4ccccc4)CC3)c12. The molecule has 0 saturated heterocycles. The summed E-state index contributed by atoms with van der Waals surface area (Å²) >= 11 is 0. The Morgan fingerprint density at radius 1 is 1.02 bits per heavy atom. The summed E-state index contributed by atoms with van der Waals surface area (Å²) in [6, 6.07) is 18.5. The molecule has 214 valence electrons. The molecule has 1 aromatic heterocycles. The van der Waals surface area contributed by atoms with E-state index in [9.17, 15) is 18.0 Å². The maximum atomic E-state index is 12.7. The van der Waals surface area contributed by atoms with Gasteiger partial charge < -0.3 is 14.6 Å². The highest BCUT2D eigenvalue weighted by Crippen LogP contribution is 2.30. The number of alkyl halides is 3. The number of aromatic nitrogens is 2. The van der Waals surface area contributed by atoms with Gasteiger partial charge in [0.1, 0.15) is 5.75 Å². The molecule has 1 N–H and O–H groups in total. The van der Waals surface area contributed by atoms with E-state index in [1.807, 2.05) is 25.4 Å². The Labute approximate surface area is 237 Å². The molecule has 0 fully saturated rings. The standard InChI is InChI=1S/C32H33F3N4O2/c1-23-19-27(37-30(40)21-41-28-11-9-26(10-12-28)32(33,34)35)20-29-31(23)39(22-36-29)16-6-5-15-38-17-13-25(14-18-38)24-7-3-2-4-8-24/h2-4,7-13,19-20,22H,5-6,14-18,21H2,1H3,(H,37,40). The van der Waals surface area contributed by atoms with Crippen LogP contribution >= 0.6 is 0 Å². The molecule has 0 bridgehead atoms. The van der Waals surface area contributed by atoms with Gasteiger partial charge in [0.25, 0.3) is 5.91 Å². The van der Waals surface area contributed by atoms with Gasteiger partial charge in [-0.3, -0.25) is 9.69 Å². The number of amides is 1. The zero-order chi connectivity index (χ0) is 28.8. The third kappa shape index (κ3) is 7.35. The first-order valence-corrected chi connectivity index (χ1v) is 13.8. The first-order valence-electron chi connectivity index (χ1n) is 13.8. The largest absolute Gasteiger partial charge is 0.484 e. The summed E-state index contributed by atoms with van der Waals surface area (Å²) in [5, 5.41) is 2.79. The first-order chi connectivity index (χ1) is 19.8. The summed E-state index contributed by atoms with van der Waals surface area (Å²) < 4.78 is 45.6. The van der Waals surface area contributed by atoms with Crippen molar-refractivity contribution in [1.29, 1.82) is 0 Å². The number of hydrogen-bond donors (Lipinski definition) is 1. The summed E-state index contributed by atoms with van der Waals surface area (Å²) in [5.41, 5.74) is 5.40. The van der Waals surface area contributed by atoms with E-state index >= 15 is 0 Å². The predicted molar refractivity (Wildman–Crippen MR) is 155 cm³/mol. The number of aryl methyl sites for hydroxylation is 2. The van der Waals surface area contributed by atoms with Crippen molar-refractivity contribution in [2.45, 2.75) is 38.9 Å². The number of benzene rings is 3. The van der Waals surface area contributed by atoms with Crippen LogP contribution in [0, 0.1) is 6.92 Å². The zero-order valence-corrected chi connectivity index (χ0v) is 23.0. The molecular formula is C32H33F3N4O2. The van der Waals surface area contributed by atoms with E-state index in [1.54, 1.807) is 0 Å². The summed E-state index contributed by atoms with van der Waals surface area (Å²) in [5.74, 6) is -0.223. The Morgan fingerprint density at radius 3 is 2.49 bits per heavy atom. The topological polar surface area (TPSA) is 59.4 Å². The smallest absolute Gasteiger partial charge is 0.416 e. The lowest BCUT2D eigenvalue weighted by atomic mass is 9.99. The number of carbonyl (C=O) groups excluding carboxylic acids is 1. The third-order valence-corrected chi connectivity index (χ3v) is 7.30. The molecule has 0 unspecified atom stereocenters. The molecule has 2 heterocycles. The van der Waals surface area contributed by atoms with E-state index in [1.165, 1.54) is 23.3 Å². The van der Waals surface area contributed by atoms with Gasteiger partial charge in [-0.05, 0) is 85.8 Å². The maximum Gasteiger partial charge on any atom is 0.416 e. The highest BCUT2D eigenvalue weighted by atomic mass is 19.4. The molecule has 1 amide bonds. The monoisotopic (exact) mass is 562 g/mol. The van der Waals surface area contributed by atoms with Crippen LogP contribution in [0.2, 0.25) is 0 Å². The fraction of sp³-hybridized carbons (Fsp3) is 0.312. The molecule has 0 atom stereocenters. The van der Waals surface area contributed by atoms with Gasteiger partial charge in [0.05, 0.1) is 22.9 Å². The number of hydrogen-bond acceptors (Lipinski definition) is 4. The van der Waals surface area contributed by atoms with Gasteiger partial charge in [0.15, 0.2) is 6.61 Å². The quantitative estimate of drug-likeness (QED) is 0.213. The number of fused-ring (bicyclic) bond motifs is 1. The lowest BCUT2D eigenvalue weighted by Crippen LogP contribution is -2.29. The number of imidazole rings is 1. The average Bonchev–Trinajstić information content (AvgIpc) is 3.38. The van der Waals surface area contributed by atoms with E-state index in [0.29, 0.717) is 5.69 Å². The zero-order valence-electron chi connectivity index (χ0n) is 23.0. The molecular weight excluding hydrogens is 529 g/mol. The second kappa shape index (κ2) is 12.6. The minimum absolute atomic E-state index is 0.187. The molecule has 9 heteroatoms. The van der Waals surface area contributed by atoms with Crippen molar-refractivity contribution in [3.8, 4) is 5.75 Å². The van der Waals surface area contributed by atoms with Crippen LogP contribution in [-0.4, -0.2) is 46.6 Å². The molecule has 0 aliphatic carbocycles. The highest BCUT2D eigenvalue weighted by molar-refractivity contribution is 5.94. The van der Waals surface area contributed by atoms with Crippen molar-refractivity contribution in [2.24, 2.45) is 0 Å². The fourth-order valence-corrected chi connectivity index (χ4v) is 5.20. The van der Waals surface area contributed by atoms with Crippen LogP contribution < -0.4 is 10.1 Å². The maximum absolute atomic E-state index is 12.7. The third-order valence-electron chi connectivity index (χ3n) is 7.30. The van der Waals surface area contributed by atoms with E-state index < -0.39 is 17.6 Å². The van der Waals surface area contributed by atoms with Gasteiger partial charge in [-0.1, -0.05) is 36.4 Å². The Hall–Kier alpha value is -4.11. The summed E-state index contributed by atoms with van der Waals surface area (Å²) in [4.78, 5) is 19.5. The van der Waals surface area contributed by atoms with E-state index in [2.05, 4.69) is 56.2 Å². The predicted octanol–water partition coefficient (Wildman–Crippen LogP) is 6.95. The number of ether oxygens (including phenoxy) is 1. The van der Waals surface area contributed by atoms with Crippen LogP contribution in [-0.2, 0) is 17.5 Å². The van der Waals surface area contributed by atoms with Gasteiger partial charge in [-0.2, -0.15) is 13.2 Å². The Kier molecular flexibility index (Phi) is 8.73. The first kappa shape index (κ1) is 28.4. The fourth-order valence-electron chi connectivity index (χ4n) is 5.20. The molecule has 1 aliphatic rings. The lowest BCUT2D eigenvalue weighted by molar-refractivity contribution is -0.137. The molecule has 0 spiro atoms. The molecule has 4 aromatic rings. The van der Waals surface area contributed by atoms with Crippen molar-refractivity contribution in [2.75, 3.05) is 31.6 Å². The van der Waals surface area contributed by atoms with E-state index in [0.717, 1.165) is 74.2 Å². The highest BCUT2D eigenvalue weighted by Gasteiger charge is 2.30. The minimum Gasteiger partial charge on any atom is -0.484 e. The number of halogens is 3. The van der Waals surface area contributed by atoms with Crippen molar-refractivity contribution >= 4 is 28.2 Å². The van der Waals surface area contributed by atoms with Crippen molar-refractivity contribution < 1.29 is 22.7 Å². The Bertz CT molecular complexity index is 1510. The van der Waals surface area contributed by atoms with Crippen LogP contribution in [0.3, 0.4) is 0 Å². The summed E-state index contributed by atoms with van der Waals surface area (Å²) in [6.07, 6.45) is 2.99. The number of unbranched alkanes of at least 4 members (excludes halogenated alkanes) is 1. The van der Waals surface area contributed by atoms with Crippen molar-refractivity contribution in [3.63, 3.8) is 0 Å². The van der Waals surface area contributed by atoms with Crippen LogP contribution in [0.15, 0.2) is 79.1 Å². The second-order valence-electron chi connectivity index (χ2n) is 10.3. The molecule has 1 aliphatic heterocycles. The summed E-state index contributed by atoms with van der Waals surface area (Å²) in [7, 11) is 0. The number of carbonyl (C=O) groups is 1. The second-order valence-corrected chi connectivity index (χ2v) is 10.3. The van der Waals surface area contributed by atoms with Crippen molar-refractivity contribution in [1.82, 2.24) is 14.5 Å². The molecule has 3 aromatic carbocycles. The minimum atomic E-state index is -4.42. The van der Waals surface area contributed by atoms with Crippen LogP contribution in [0.5, 0.6) is 5.75 Å². The van der Waals surface area contributed by atoms with Crippen molar-refractivity contribution in [3.05, 3.63) is 95.8 Å². The van der Waals surface area contributed by atoms with Crippen LogP contribution in [0.1, 0.15) is 36.0 Å². The lowest BCUT2D eigenvalue weighted by Gasteiger charge is -2.26. The van der Waals surface area contributed by atoms with Gasteiger partial charge in [0.2, 0.25) is 0 Å². The summed E-state index contributed by atoms with van der Waals surface area (Å²) in [6.45, 7) is 5.66. The van der Waals surface area contributed by atoms with Gasteiger partial charge in [-0.15, -0.1) is 0 Å². The molecule has 6 nitrogen and oxygen atoms in total. The number of nitrogens with one attached hydrogen (secondary N) is 1. The average molecular weight is 563 g/mol. The van der Waals surface area contributed by atoms with E-state index in [4.69, 9.17) is 4.74 Å². The van der Waals surface area contributed by atoms with Crippen LogP contribution in [0.25, 0.3) is 16.6 Å². The number of anilines is 1. The normalized spacial score (nSPS) is 14.2. The van der Waals surface area contributed by atoms with Gasteiger partial charge >= 0.3 is 6.18 Å². The van der Waals surface area contributed by atoms with E-state index in [-0.39, 0.29) is 12.4 Å². The molecule has 0 radical (unpaired) electrons. The van der Waals surface area contributed by atoms with Crippen LogP contribution in [0.4, 0.5) is 18.9 Å². The number of nitrogens with zero attached hydrogens (tertiary/aromatic N) is 3. The Balaban J connectivity index is 1.09. The number of rotatable bonds is 10. The van der Waals surface area contributed by atoms with Gasteiger partial charge in [0, 0.05) is 25.3 Å². The molecule has 41 heavy (non-hydrogen) atoms.